The molecule has 2 nitrogen and oxygen atoms in total. The van der Waals surface area contributed by atoms with E-state index in [1.54, 1.807) is 7.11 Å². The van der Waals surface area contributed by atoms with E-state index in [2.05, 4.69) is 17.0 Å². The van der Waals surface area contributed by atoms with Crippen LogP contribution in [0.4, 0.5) is 0 Å². The molecule has 0 aliphatic heterocycles. The Morgan fingerprint density at radius 1 is 1.33 bits per heavy atom. The van der Waals surface area contributed by atoms with Crippen LogP contribution < -0.4 is 0 Å². The summed E-state index contributed by atoms with van der Waals surface area (Å²) < 4.78 is 0. The molecule has 0 saturated heterocycles. The van der Waals surface area contributed by atoms with E-state index in [0.717, 1.165) is 5.56 Å². The maximum atomic E-state index is 4.80. The summed E-state index contributed by atoms with van der Waals surface area (Å²) in [4.78, 5) is 4.80. The molecule has 0 bridgehead atoms. The van der Waals surface area contributed by atoms with Gasteiger partial charge in [-0.1, -0.05) is 41.4 Å². The average molecular weight is 199 g/mol. The number of nitrogens with zero attached hydrogens (tertiary/aromatic N) is 1. The van der Waals surface area contributed by atoms with E-state index in [4.69, 9.17) is 4.84 Å². The van der Waals surface area contributed by atoms with Gasteiger partial charge in [-0.05, 0) is 18.8 Å². The number of benzene rings is 1. The normalized spacial score (nSPS) is 15.4. The summed E-state index contributed by atoms with van der Waals surface area (Å²) in [5.41, 5.74) is 1.72. The smallest absolute Gasteiger partial charge is 0.159 e. The molecule has 2 heteroatoms. The Morgan fingerprint density at radius 2 is 2.07 bits per heavy atom. The molecule has 0 heterocycles. The lowest BCUT2D eigenvalue weighted by molar-refractivity contribution is 0.214. The largest absolute Gasteiger partial charge is 0.398 e. The Hall–Kier alpha value is -1.75. The Bertz CT molecular complexity index is 407. The van der Waals surface area contributed by atoms with Gasteiger partial charge >= 0.3 is 0 Å². The van der Waals surface area contributed by atoms with Gasteiger partial charge in [0.15, 0.2) is 5.71 Å². The highest BCUT2D eigenvalue weighted by molar-refractivity contribution is 6.12. The molecule has 0 aromatic heterocycles. The number of hydrogen-bond donors (Lipinski definition) is 0. The highest BCUT2D eigenvalue weighted by Crippen LogP contribution is 2.27. The first kappa shape index (κ1) is 9.79. The molecule has 1 aliphatic carbocycles. The van der Waals surface area contributed by atoms with Crippen molar-refractivity contribution in [2.24, 2.45) is 11.1 Å². The summed E-state index contributed by atoms with van der Waals surface area (Å²) >= 11 is 0. The van der Waals surface area contributed by atoms with Gasteiger partial charge < -0.3 is 4.84 Å². The van der Waals surface area contributed by atoms with Crippen LogP contribution in [0, 0.1) is 17.8 Å². The second kappa shape index (κ2) is 4.65. The van der Waals surface area contributed by atoms with E-state index in [9.17, 15) is 0 Å². The maximum Gasteiger partial charge on any atom is 0.159 e. The average Bonchev–Trinajstić information content (AvgIpc) is 3.09. The molecule has 1 aliphatic rings. The molecule has 76 valence electrons. The third kappa shape index (κ3) is 2.85. The van der Waals surface area contributed by atoms with Crippen LogP contribution in [0.5, 0.6) is 0 Å². The summed E-state index contributed by atoms with van der Waals surface area (Å²) in [6, 6.07) is 9.89. The third-order valence-corrected chi connectivity index (χ3v) is 2.20. The monoisotopic (exact) mass is 199 g/mol. The molecular formula is C13H13NO. The summed E-state index contributed by atoms with van der Waals surface area (Å²) in [7, 11) is 1.54. The number of rotatable bonds is 2. The Labute approximate surface area is 89.9 Å². The summed E-state index contributed by atoms with van der Waals surface area (Å²) in [5.74, 6) is 6.83. The van der Waals surface area contributed by atoms with E-state index in [1.807, 2.05) is 30.3 Å². The molecule has 15 heavy (non-hydrogen) atoms. The van der Waals surface area contributed by atoms with Gasteiger partial charge in [0.25, 0.3) is 0 Å². The van der Waals surface area contributed by atoms with Crippen molar-refractivity contribution in [2.45, 2.75) is 12.8 Å². The molecule has 0 N–H and O–H groups in total. The van der Waals surface area contributed by atoms with Crippen LogP contribution in [0.2, 0.25) is 0 Å². The molecule has 1 saturated carbocycles. The molecular weight excluding hydrogens is 186 g/mol. The van der Waals surface area contributed by atoms with Gasteiger partial charge in [-0.15, -0.1) is 0 Å². The first-order chi connectivity index (χ1) is 7.40. The van der Waals surface area contributed by atoms with Crippen LogP contribution in [-0.2, 0) is 4.84 Å². The van der Waals surface area contributed by atoms with Gasteiger partial charge in [-0.3, -0.25) is 0 Å². The Kier molecular flexibility index (Phi) is 3.04. The molecule has 0 radical (unpaired) electrons. The molecule has 0 spiro atoms. The van der Waals surface area contributed by atoms with Crippen molar-refractivity contribution in [3.8, 4) is 11.8 Å². The summed E-state index contributed by atoms with van der Waals surface area (Å²) in [6.45, 7) is 0. The van der Waals surface area contributed by atoms with Crippen molar-refractivity contribution in [1.82, 2.24) is 0 Å². The molecule has 1 aromatic carbocycles. The third-order valence-electron chi connectivity index (χ3n) is 2.20. The topological polar surface area (TPSA) is 21.6 Å². The SMILES string of the molecule is CO/N=C(\C#CC1CC1)c1ccccc1. The van der Waals surface area contributed by atoms with Crippen LogP contribution in [-0.4, -0.2) is 12.8 Å². The van der Waals surface area contributed by atoms with Crippen LogP contribution in [0.15, 0.2) is 35.5 Å². The predicted molar refractivity (Wildman–Crippen MR) is 60.5 cm³/mol. The Balaban J connectivity index is 2.21. The second-order valence-corrected chi connectivity index (χ2v) is 3.53. The first-order valence-electron chi connectivity index (χ1n) is 5.08. The van der Waals surface area contributed by atoms with E-state index in [-0.39, 0.29) is 0 Å². The van der Waals surface area contributed by atoms with E-state index in [0.29, 0.717) is 11.6 Å². The van der Waals surface area contributed by atoms with Crippen molar-refractivity contribution in [2.75, 3.05) is 7.11 Å². The lowest BCUT2D eigenvalue weighted by atomic mass is 10.1. The van der Waals surface area contributed by atoms with Gasteiger partial charge in [0, 0.05) is 11.5 Å². The van der Waals surface area contributed by atoms with Crippen LogP contribution in [0.25, 0.3) is 0 Å². The minimum absolute atomic E-state index is 0.579. The molecule has 1 fully saturated rings. The minimum atomic E-state index is 0.579. The molecule has 0 amide bonds. The van der Waals surface area contributed by atoms with Crippen molar-refractivity contribution >= 4 is 5.71 Å². The molecule has 0 unspecified atom stereocenters. The predicted octanol–water partition coefficient (Wildman–Crippen LogP) is 2.45. The van der Waals surface area contributed by atoms with Gasteiger partial charge in [0.2, 0.25) is 0 Å². The van der Waals surface area contributed by atoms with Gasteiger partial charge in [0.05, 0.1) is 0 Å². The van der Waals surface area contributed by atoms with E-state index < -0.39 is 0 Å². The number of hydrogen-bond acceptors (Lipinski definition) is 2. The lowest BCUT2D eigenvalue weighted by Gasteiger charge is -1.97. The fourth-order valence-electron chi connectivity index (χ4n) is 1.23. The van der Waals surface area contributed by atoms with Crippen LogP contribution in [0.3, 0.4) is 0 Å². The van der Waals surface area contributed by atoms with Crippen molar-refractivity contribution in [1.29, 1.82) is 0 Å². The standard InChI is InChI=1S/C13H13NO/c1-15-14-13(10-9-11-7-8-11)12-5-3-2-4-6-12/h2-6,11H,7-8H2,1H3/b14-13+. The van der Waals surface area contributed by atoms with Gasteiger partial charge in [-0.25, -0.2) is 0 Å². The lowest BCUT2D eigenvalue weighted by Crippen LogP contribution is -1.97. The van der Waals surface area contributed by atoms with Gasteiger partial charge in [-0.2, -0.15) is 0 Å². The number of oxime groups is 1. The van der Waals surface area contributed by atoms with Crippen molar-refractivity contribution in [3.05, 3.63) is 35.9 Å². The van der Waals surface area contributed by atoms with Gasteiger partial charge in [0.1, 0.15) is 7.11 Å². The fraction of sp³-hybridized carbons (Fsp3) is 0.308. The summed E-state index contributed by atoms with van der Waals surface area (Å²) in [5, 5.41) is 3.94. The van der Waals surface area contributed by atoms with Crippen molar-refractivity contribution in [3.63, 3.8) is 0 Å². The maximum absolute atomic E-state index is 4.80. The molecule has 1 aromatic rings. The zero-order valence-corrected chi connectivity index (χ0v) is 8.73. The zero-order chi connectivity index (χ0) is 10.5. The highest BCUT2D eigenvalue weighted by atomic mass is 16.6. The fourth-order valence-corrected chi connectivity index (χ4v) is 1.23. The van der Waals surface area contributed by atoms with Crippen LogP contribution >= 0.6 is 0 Å². The first-order valence-corrected chi connectivity index (χ1v) is 5.08. The quantitative estimate of drug-likeness (QED) is 0.407. The minimum Gasteiger partial charge on any atom is -0.398 e. The van der Waals surface area contributed by atoms with Crippen molar-refractivity contribution < 1.29 is 4.84 Å². The second-order valence-electron chi connectivity index (χ2n) is 3.53. The molecule has 2 rings (SSSR count). The molecule has 0 atom stereocenters. The van der Waals surface area contributed by atoms with Crippen LogP contribution in [0.1, 0.15) is 18.4 Å². The van der Waals surface area contributed by atoms with E-state index >= 15 is 0 Å². The zero-order valence-electron chi connectivity index (χ0n) is 8.73. The summed E-state index contributed by atoms with van der Waals surface area (Å²) in [6.07, 6.45) is 2.45. The highest BCUT2D eigenvalue weighted by Gasteiger charge is 2.18. The van der Waals surface area contributed by atoms with E-state index in [1.165, 1.54) is 12.8 Å². The Morgan fingerprint density at radius 3 is 2.67 bits per heavy atom.